The van der Waals surface area contributed by atoms with E-state index in [0.717, 1.165) is 29.7 Å². The number of ether oxygens (including phenoxy) is 3. The SMILES string of the molecule is CCOC(=O)c1c(NC(=O)c2ccc(OC)cc2OC)sc2c1CCC2. The molecule has 138 valence electrons. The zero-order valence-corrected chi connectivity index (χ0v) is 15.8. The lowest BCUT2D eigenvalue weighted by Gasteiger charge is -2.11. The molecule has 0 atom stereocenters. The number of benzene rings is 1. The molecule has 0 radical (unpaired) electrons. The van der Waals surface area contributed by atoms with Crippen molar-refractivity contribution >= 4 is 28.2 Å². The molecule has 1 amide bonds. The van der Waals surface area contributed by atoms with Gasteiger partial charge in [0, 0.05) is 10.9 Å². The van der Waals surface area contributed by atoms with Crippen LogP contribution in [0.2, 0.25) is 0 Å². The molecule has 0 saturated carbocycles. The summed E-state index contributed by atoms with van der Waals surface area (Å²) in [4.78, 5) is 26.3. The molecule has 1 aliphatic rings. The van der Waals surface area contributed by atoms with Crippen LogP contribution in [0, 0.1) is 0 Å². The Morgan fingerprint density at radius 1 is 1.19 bits per heavy atom. The van der Waals surface area contributed by atoms with Gasteiger partial charge in [-0.25, -0.2) is 4.79 Å². The summed E-state index contributed by atoms with van der Waals surface area (Å²) in [6.07, 6.45) is 2.78. The van der Waals surface area contributed by atoms with E-state index in [1.54, 1.807) is 32.2 Å². The summed E-state index contributed by atoms with van der Waals surface area (Å²) in [5.74, 6) is 0.281. The average Bonchev–Trinajstić information content (AvgIpc) is 3.21. The minimum atomic E-state index is -0.385. The Morgan fingerprint density at radius 2 is 2.00 bits per heavy atom. The summed E-state index contributed by atoms with van der Waals surface area (Å²) in [5.41, 5.74) is 1.87. The van der Waals surface area contributed by atoms with Gasteiger partial charge in [-0.15, -0.1) is 11.3 Å². The molecule has 1 N–H and O–H groups in total. The van der Waals surface area contributed by atoms with E-state index < -0.39 is 0 Å². The first-order valence-corrected chi connectivity index (χ1v) is 9.25. The molecule has 6 nitrogen and oxygen atoms in total. The average molecular weight is 375 g/mol. The molecule has 0 aliphatic heterocycles. The van der Waals surface area contributed by atoms with Crippen molar-refractivity contribution < 1.29 is 23.8 Å². The summed E-state index contributed by atoms with van der Waals surface area (Å²) >= 11 is 1.45. The highest BCUT2D eigenvalue weighted by molar-refractivity contribution is 7.17. The van der Waals surface area contributed by atoms with Crippen LogP contribution in [0.5, 0.6) is 11.5 Å². The van der Waals surface area contributed by atoms with E-state index >= 15 is 0 Å². The number of hydrogen-bond donors (Lipinski definition) is 1. The van der Waals surface area contributed by atoms with Crippen LogP contribution in [0.15, 0.2) is 18.2 Å². The van der Waals surface area contributed by atoms with E-state index in [2.05, 4.69) is 5.32 Å². The Labute approximate surface area is 156 Å². The van der Waals surface area contributed by atoms with Gasteiger partial charge < -0.3 is 19.5 Å². The highest BCUT2D eigenvalue weighted by Gasteiger charge is 2.29. The molecule has 1 heterocycles. The first-order chi connectivity index (χ1) is 12.6. The lowest BCUT2D eigenvalue weighted by Crippen LogP contribution is -2.16. The van der Waals surface area contributed by atoms with Gasteiger partial charge in [-0.05, 0) is 43.9 Å². The second kappa shape index (κ2) is 7.78. The number of nitrogens with one attached hydrogen (secondary N) is 1. The number of aryl methyl sites for hydroxylation is 1. The van der Waals surface area contributed by atoms with Crippen molar-refractivity contribution in [1.82, 2.24) is 0 Å². The molecule has 7 heteroatoms. The predicted octanol–water partition coefficient (Wildman–Crippen LogP) is 3.68. The van der Waals surface area contributed by atoms with Crippen LogP contribution in [0.1, 0.15) is 44.5 Å². The molecule has 0 saturated heterocycles. The maximum atomic E-state index is 12.8. The van der Waals surface area contributed by atoms with Gasteiger partial charge in [-0.2, -0.15) is 0 Å². The highest BCUT2D eigenvalue weighted by atomic mass is 32.1. The fourth-order valence-corrected chi connectivity index (χ4v) is 4.34. The minimum Gasteiger partial charge on any atom is -0.497 e. The zero-order chi connectivity index (χ0) is 18.7. The van der Waals surface area contributed by atoms with Crippen molar-refractivity contribution in [3.63, 3.8) is 0 Å². The first kappa shape index (κ1) is 18.3. The van der Waals surface area contributed by atoms with Crippen LogP contribution in [0.4, 0.5) is 5.00 Å². The Hall–Kier alpha value is -2.54. The van der Waals surface area contributed by atoms with Gasteiger partial charge in [0.1, 0.15) is 16.5 Å². The molecule has 0 fully saturated rings. The molecule has 0 unspecified atom stereocenters. The number of carbonyl (C=O) groups excluding carboxylic acids is 2. The molecular weight excluding hydrogens is 354 g/mol. The second-order valence-corrected chi connectivity index (χ2v) is 6.91. The van der Waals surface area contributed by atoms with Gasteiger partial charge in [0.15, 0.2) is 0 Å². The first-order valence-electron chi connectivity index (χ1n) is 8.44. The fraction of sp³-hybridized carbons (Fsp3) is 0.368. The normalized spacial score (nSPS) is 12.4. The highest BCUT2D eigenvalue weighted by Crippen LogP contribution is 2.40. The zero-order valence-electron chi connectivity index (χ0n) is 15.0. The lowest BCUT2D eigenvalue weighted by atomic mass is 10.1. The van der Waals surface area contributed by atoms with E-state index in [-0.39, 0.29) is 11.9 Å². The molecule has 1 aliphatic carbocycles. The van der Waals surface area contributed by atoms with E-state index in [1.165, 1.54) is 18.4 Å². The Bertz CT molecular complexity index is 843. The third-order valence-corrected chi connectivity index (χ3v) is 5.49. The number of methoxy groups -OCH3 is 2. The molecule has 0 bridgehead atoms. The van der Waals surface area contributed by atoms with Gasteiger partial charge >= 0.3 is 5.97 Å². The van der Waals surface area contributed by atoms with Crippen LogP contribution in [0.25, 0.3) is 0 Å². The third kappa shape index (κ3) is 3.39. The number of esters is 1. The molecule has 1 aromatic heterocycles. The van der Waals surface area contributed by atoms with E-state index in [4.69, 9.17) is 14.2 Å². The van der Waals surface area contributed by atoms with Gasteiger partial charge in [-0.1, -0.05) is 0 Å². The van der Waals surface area contributed by atoms with Crippen LogP contribution in [0.3, 0.4) is 0 Å². The van der Waals surface area contributed by atoms with E-state index in [0.29, 0.717) is 34.2 Å². The van der Waals surface area contributed by atoms with Crippen molar-refractivity contribution in [2.75, 3.05) is 26.1 Å². The van der Waals surface area contributed by atoms with Crippen LogP contribution < -0.4 is 14.8 Å². The number of thiophene rings is 1. The Balaban J connectivity index is 1.92. The summed E-state index contributed by atoms with van der Waals surface area (Å²) in [5, 5.41) is 3.40. The smallest absolute Gasteiger partial charge is 0.341 e. The number of amides is 1. The van der Waals surface area contributed by atoms with Crippen molar-refractivity contribution in [2.45, 2.75) is 26.2 Å². The van der Waals surface area contributed by atoms with Gasteiger partial charge in [0.25, 0.3) is 5.91 Å². The number of fused-ring (bicyclic) bond motifs is 1. The summed E-state index contributed by atoms with van der Waals surface area (Å²) in [6.45, 7) is 2.06. The predicted molar refractivity (Wildman–Crippen MR) is 99.8 cm³/mol. The molecular formula is C19H21NO5S. The maximum Gasteiger partial charge on any atom is 0.341 e. The Kier molecular flexibility index (Phi) is 5.46. The maximum absolute atomic E-state index is 12.8. The van der Waals surface area contributed by atoms with E-state index in [9.17, 15) is 9.59 Å². The van der Waals surface area contributed by atoms with Crippen molar-refractivity contribution in [1.29, 1.82) is 0 Å². The number of hydrogen-bond acceptors (Lipinski definition) is 6. The van der Waals surface area contributed by atoms with Crippen molar-refractivity contribution in [2.24, 2.45) is 0 Å². The molecule has 26 heavy (non-hydrogen) atoms. The summed E-state index contributed by atoms with van der Waals surface area (Å²) < 4.78 is 15.6. The largest absolute Gasteiger partial charge is 0.497 e. The Morgan fingerprint density at radius 3 is 2.69 bits per heavy atom. The van der Waals surface area contributed by atoms with Crippen LogP contribution in [-0.4, -0.2) is 32.7 Å². The summed E-state index contributed by atoms with van der Waals surface area (Å²) in [7, 11) is 3.04. The lowest BCUT2D eigenvalue weighted by molar-refractivity contribution is 0.0527. The van der Waals surface area contributed by atoms with Crippen LogP contribution >= 0.6 is 11.3 Å². The number of anilines is 1. The third-order valence-electron chi connectivity index (χ3n) is 4.28. The minimum absolute atomic E-state index is 0.295. The van der Waals surface area contributed by atoms with Crippen LogP contribution in [-0.2, 0) is 17.6 Å². The number of rotatable bonds is 6. The standard InChI is InChI=1S/C19H21NO5S/c1-4-25-19(22)16-13-6-5-7-15(13)26-18(16)20-17(21)12-9-8-11(23-2)10-14(12)24-3/h8-10H,4-7H2,1-3H3,(H,20,21). The molecule has 0 spiro atoms. The quantitative estimate of drug-likeness (QED) is 0.780. The molecule has 2 aromatic rings. The number of carbonyl (C=O) groups is 2. The second-order valence-electron chi connectivity index (χ2n) is 5.80. The monoisotopic (exact) mass is 375 g/mol. The molecule has 3 rings (SSSR count). The van der Waals surface area contributed by atoms with Gasteiger partial charge in [0.2, 0.25) is 0 Å². The molecule has 1 aromatic carbocycles. The summed E-state index contributed by atoms with van der Waals surface area (Å²) in [6, 6.07) is 4.98. The van der Waals surface area contributed by atoms with Gasteiger partial charge in [-0.3, -0.25) is 4.79 Å². The van der Waals surface area contributed by atoms with E-state index in [1.807, 2.05) is 0 Å². The van der Waals surface area contributed by atoms with Crippen molar-refractivity contribution in [3.8, 4) is 11.5 Å². The van der Waals surface area contributed by atoms with Gasteiger partial charge in [0.05, 0.1) is 32.0 Å². The van der Waals surface area contributed by atoms with Crippen molar-refractivity contribution in [3.05, 3.63) is 39.8 Å². The topological polar surface area (TPSA) is 73.9 Å². The fourth-order valence-electron chi connectivity index (χ4n) is 3.07.